The molecule has 1 fully saturated rings. The second-order valence-electron chi connectivity index (χ2n) is 7.78. The van der Waals surface area contributed by atoms with Crippen molar-refractivity contribution >= 4 is 40.1 Å². The Morgan fingerprint density at radius 3 is 2.40 bits per heavy atom. The van der Waals surface area contributed by atoms with Gasteiger partial charge in [0.1, 0.15) is 5.25 Å². The summed E-state index contributed by atoms with van der Waals surface area (Å²) in [5, 5.41) is 3.21. The van der Waals surface area contributed by atoms with E-state index in [0.717, 1.165) is 34.5 Å². The van der Waals surface area contributed by atoms with Gasteiger partial charge in [0.2, 0.25) is 11.8 Å². The number of thioether (sulfide) groups is 1. The fraction of sp³-hybridized carbons (Fsp3) is 0.375. The summed E-state index contributed by atoms with van der Waals surface area (Å²) in [7, 11) is 0. The summed E-state index contributed by atoms with van der Waals surface area (Å²) in [6.45, 7) is 10.7. The molecule has 2 aromatic carbocycles. The van der Waals surface area contributed by atoms with E-state index < -0.39 is 5.25 Å². The van der Waals surface area contributed by atoms with E-state index in [1.165, 1.54) is 17.3 Å². The van der Waals surface area contributed by atoms with Crippen molar-refractivity contribution in [3.63, 3.8) is 0 Å². The van der Waals surface area contributed by atoms with E-state index in [-0.39, 0.29) is 18.2 Å². The molecule has 1 atom stereocenters. The van der Waals surface area contributed by atoms with E-state index in [1.807, 2.05) is 57.2 Å². The van der Waals surface area contributed by atoms with Crippen molar-refractivity contribution in [2.45, 2.75) is 52.7 Å². The fourth-order valence-electron chi connectivity index (χ4n) is 3.43. The van der Waals surface area contributed by atoms with Gasteiger partial charge < -0.3 is 5.32 Å². The van der Waals surface area contributed by atoms with Crippen LogP contribution >= 0.6 is 11.8 Å². The third kappa shape index (κ3) is 4.93. The highest BCUT2D eigenvalue weighted by molar-refractivity contribution is 8.15. The van der Waals surface area contributed by atoms with E-state index in [2.05, 4.69) is 19.2 Å². The highest BCUT2D eigenvalue weighted by atomic mass is 32.2. The lowest BCUT2D eigenvalue weighted by Gasteiger charge is -2.15. The van der Waals surface area contributed by atoms with Crippen molar-refractivity contribution in [3.8, 4) is 0 Å². The number of rotatable bonds is 6. The standard InChI is InChI=1S/C24H29N3O2S/c1-6-12-27-23(29)20(14-21(28)26-22-16(3)8-7-9-17(22)4)30-24(27)25-19-11-10-15(2)18(5)13-19/h7-11,13,20H,6,12,14H2,1-5H3,(H,26,28)/t20-/m1/s1. The molecule has 1 heterocycles. The average molecular weight is 424 g/mol. The molecule has 0 aliphatic carbocycles. The van der Waals surface area contributed by atoms with Crippen LogP contribution in [0.1, 0.15) is 42.0 Å². The molecule has 30 heavy (non-hydrogen) atoms. The Morgan fingerprint density at radius 2 is 1.77 bits per heavy atom. The van der Waals surface area contributed by atoms with Gasteiger partial charge >= 0.3 is 0 Å². The van der Waals surface area contributed by atoms with Gasteiger partial charge in [-0.15, -0.1) is 0 Å². The molecule has 1 aliphatic heterocycles. The topological polar surface area (TPSA) is 61.8 Å². The highest BCUT2D eigenvalue weighted by Crippen LogP contribution is 2.32. The Kier molecular flexibility index (Phi) is 6.98. The number of hydrogen-bond acceptors (Lipinski definition) is 4. The Bertz CT molecular complexity index is 980. The summed E-state index contributed by atoms with van der Waals surface area (Å²) in [4.78, 5) is 32.1. The third-order valence-corrected chi connectivity index (χ3v) is 6.47. The lowest BCUT2D eigenvalue weighted by Crippen LogP contribution is -2.34. The van der Waals surface area contributed by atoms with E-state index in [0.29, 0.717) is 11.7 Å². The zero-order valence-electron chi connectivity index (χ0n) is 18.3. The van der Waals surface area contributed by atoms with Crippen molar-refractivity contribution in [3.05, 3.63) is 58.7 Å². The zero-order valence-corrected chi connectivity index (χ0v) is 19.1. The number of amidine groups is 1. The predicted molar refractivity (Wildman–Crippen MR) is 126 cm³/mol. The summed E-state index contributed by atoms with van der Waals surface area (Å²) in [5.41, 5.74) is 6.05. The lowest BCUT2D eigenvalue weighted by molar-refractivity contribution is -0.128. The molecule has 2 amide bonds. The number of amides is 2. The number of carbonyl (C=O) groups excluding carboxylic acids is 2. The Labute approximate surface area is 183 Å². The normalized spacial score (nSPS) is 17.6. The van der Waals surface area contributed by atoms with Gasteiger partial charge in [-0.2, -0.15) is 0 Å². The van der Waals surface area contributed by atoms with Gasteiger partial charge in [-0.05, 0) is 68.5 Å². The molecule has 1 aliphatic rings. The molecule has 1 saturated heterocycles. The first-order chi connectivity index (χ1) is 14.3. The number of aryl methyl sites for hydroxylation is 4. The summed E-state index contributed by atoms with van der Waals surface area (Å²) in [6.07, 6.45) is 0.961. The molecule has 0 bridgehead atoms. The summed E-state index contributed by atoms with van der Waals surface area (Å²) in [6, 6.07) is 11.9. The maximum atomic E-state index is 13.0. The molecular formula is C24H29N3O2S. The first-order valence-corrected chi connectivity index (χ1v) is 11.2. The van der Waals surface area contributed by atoms with Crippen LogP contribution in [0, 0.1) is 27.7 Å². The Morgan fingerprint density at radius 1 is 1.07 bits per heavy atom. The van der Waals surface area contributed by atoms with Crippen LogP contribution in [0.3, 0.4) is 0 Å². The second kappa shape index (κ2) is 9.47. The maximum Gasteiger partial charge on any atom is 0.242 e. The number of anilines is 1. The van der Waals surface area contributed by atoms with E-state index in [1.54, 1.807) is 4.90 Å². The fourth-order valence-corrected chi connectivity index (χ4v) is 4.61. The van der Waals surface area contributed by atoms with Crippen molar-refractivity contribution < 1.29 is 9.59 Å². The van der Waals surface area contributed by atoms with Crippen LogP contribution in [0.4, 0.5) is 11.4 Å². The van der Waals surface area contributed by atoms with Crippen molar-refractivity contribution in [1.29, 1.82) is 0 Å². The molecule has 158 valence electrons. The smallest absolute Gasteiger partial charge is 0.242 e. The van der Waals surface area contributed by atoms with E-state index >= 15 is 0 Å². The lowest BCUT2D eigenvalue weighted by atomic mass is 10.1. The number of benzene rings is 2. The summed E-state index contributed by atoms with van der Waals surface area (Å²) >= 11 is 1.38. The number of nitrogens with zero attached hydrogens (tertiary/aromatic N) is 2. The van der Waals surface area contributed by atoms with E-state index in [9.17, 15) is 9.59 Å². The number of carbonyl (C=O) groups is 2. The third-order valence-electron chi connectivity index (χ3n) is 5.30. The molecule has 1 N–H and O–H groups in total. The van der Waals surface area contributed by atoms with Gasteiger partial charge in [0.05, 0.1) is 5.69 Å². The summed E-state index contributed by atoms with van der Waals surface area (Å²) in [5.74, 6) is -0.191. The number of nitrogens with one attached hydrogen (secondary N) is 1. The van der Waals surface area contributed by atoms with Crippen molar-refractivity contribution in [1.82, 2.24) is 4.90 Å². The molecule has 3 rings (SSSR count). The van der Waals surface area contributed by atoms with Gasteiger partial charge in [-0.1, -0.05) is 43.0 Å². The van der Waals surface area contributed by atoms with Crippen molar-refractivity contribution in [2.24, 2.45) is 4.99 Å². The van der Waals surface area contributed by atoms with Crippen LogP contribution in [0.5, 0.6) is 0 Å². The average Bonchev–Trinajstić information content (AvgIpc) is 2.97. The molecule has 0 unspecified atom stereocenters. The molecule has 0 saturated carbocycles. The minimum Gasteiger partial charge on any atom is -0.326 e. The minimum atomic E-state index is -0.453. The van der Waals surface area contributed by atoms with Crippen LogP contribution in [0.25, 0.3) is 0 Å². The first kappa shape index (κ1) is 22.1. The summed E-state index contributed by atoms with van der Waals surface area (Å²) < 4.78 is 0. The van der Waals surface area contributed by atoms with Crippen LogP contribution in [-0.2, 0) is 9.59 Å². The minimum absolute atomic E-state index is 0.0407. The molecule has 5 nitrogen and oxygen atoms in total. The SMILES string of the molecule is CCCN1C(=O)[C@@H](CC(=O)Nc2c(C)cccc2C)SC1=Nc1ccc(C)c(C)c1. The van der Waals surface area contributed by atoms with Gasteiger partial charge in [0, 0.05) is 18.7 Å². The van der Waals surface area contributed by atoms with E-state index in [4.69, 9.17) is 4.99 Å². The van der Waals surface area contributed by atoms with Crippen LogP contribution in [0.15, 0.2) is 41.4 Å². The zero-order chi connectivity index (χ0) is 21.8. The van der Waals surface area contributed by atoms with Crippen LogP contribution in [0.2, 0.25) is 0 Å². The number of para-hydroxylation sites is 1. The Hall–Kier alpha value is -2.60. The number of aliphatic imine (C=N–C) groups is 1. The molecular weight excluding hydrogens is 394 g/mol. The predicted octanol–water partition coefficient (Wildman–Crippen LogP) is 5.29. The van der Waals surface area contributed by atoms with Crippen molar-refractivity contribution in [2.75, 3.05) is 11.9 Å². The first-order valence-electron chi connectivity index (χ1n) is 10.3. The molecule has 0 spiro atoms. The monoisotopic (exact) mass is 423 g/mol. The van der Waals surface area contributed by atoms with Gasteiger partial charge in [-0.25, -0.2) is 4.99 Å². The quantitative estimate of drug-likeness (QED) is 0.687. The van der Waals surface area contributed by atoms with Crippen LogP contribution < -0.4 is 5.32 Å². The Balaban J connectivity index is 1.77. The van der Waals surface area contributed by atoms with Gasteiger partial charge in [0.25, 0.3) is 0 Å². The molecule has 0 aromatic heterocycles. The molecule has 2 aromatic rings. The largest absolute Gasteiger partial charge is 0.326 e. The highest BCUT2D eigenvalue weighted by Gasteiger charge is 2.38. The maximum absolute atomic E-state index is 13.0. The van der Waals surface area contributed by atoms with Gasteiger partial charge in [-0.3, -0.25) is 14.5 Å². The second-order valence-corrected chi connectivity index (χ2v) is 8.95. The van der Waals surface area contributed by atoms with Crippen LogP contribution in [-0.4, -0.2) is 33.7 Å². The molecule has 6 heteroatoms. The number of hydrogen-bond donors (Lipinski definition) is 1. The van der Waals surface area contributed by atoms with Gasteiger partial charge in [0.15, 0.2) is 5.17 Å². The molecule has 0 radical (unpaired) electrons.